The summed E-state index contributed by atoms with van der Waals surface area (Å²) in [5, 5.41) is 0.400. The lowest BCUT2D eigenvalue weighted by molar-refractivity contribution is -0.141. The minimum Gasteiger partial charge on any atom is -0.251 e. The molecule has 1 heterocycles. The molecule has 0 unspecified atom stereocenters. The van der Waals surface area contributed by atoms with Gasteiger partial charge in [0.2, 0.25) is 0 Å². The normalized spacial score (nSPS) is 11.8. The van der Waals surface area contributed by atoms with Crippen LogP contribution in [0.1, 0.15) is 11.3 Å². The highest BCUT2D eigenvalue weighted by Gasteiger charge is 2.32. The van der Waals surface area contributed by atoms with Crippen LogP contribution < -0.4 is 0 Å². The van der Waals surface area contributed by atoms with Gasteiger partial charge in [0, 0.05) is 15.1 Å². The molecule has 0 fully saturated rings. The Labute approximate surface area is 95.0 Å². The van der Waals surface area contributed by atoms with Crippen LogP contribution in [-0.2, 0) is 11.5 Å². The molecular weight excluding hydrogens is 362 g/mol. The highest BCUT2D eigenvalue weighted by atomic mass is 127. The first-order valence-electron chi connectivity index (χ1n) is 3.22. The first-order valence-corrected chi connectivity index (χ1v) is 5.42. The molecule has 0 saturated heterocycles. The van der Waals surface area contributed by atoms with E-state index in [0.717, 1.165) is 9.64 Å². The number of aromatic nitrogens is 1. The quantitative estimate of drug-likeness (QED) is 0.547. The minimum atomic E-state index is -4.36. The molecule has 0 aromatic carbocycles. The first kappa shape index (κ1) is 11.2. The second-order valence-corrected chi connectivity index (χ2v) is 4.02. The van der Waals surface area contributed by atoms with E-state index in [9.17, 15) is 13.2 Å². The molecule has 6 heteroatoms. The maximum Gasteiger partial charge on any atom is 0.433 e. The van der Waals surface area contributed by atoms with Crippen LogP contribution in [0.25, 0.3) is 0 Å². The molecule has 0 N–H and O–H groups in total. The lowest BCUT2D eigenvalue weighted by atomic mass is 10.2. The van der Waals surface area contributed by atoms with Gasteiger partial charge in [-0.1, -0.05) is 15.9 Å². The monoisotopic (exact) mass is 365 g/mol. The van der Waals surface area contributed by atoms with Crippen molar-refractivity contribution in [3.05, 3.63) is 27.1 Å². The zero-order chi connectivity index (χ0) is 10.1. The number of rotatable bonds is 1. The van der Waals surface area contributed by atoms with Gasteiger partial charge in [-0.25, -0.2) is 0 Å². The van der Waals surface area contributed by atoms with Crippen LogP contribution in [-0.4, -0.2) is 4.98 Å². The van der Waals surface area contributed by atoms with Crippen molar-refractivity contribution in [3.63, 3.8) is 0 Å². The van der Waals surface area contributed by atoms with Crippen molar-refractivity contribution in [1.82, 2.24) is 4.98 Å². The fourth-order valence-electron chi connectivity index (χ4n) is 0.738. The molecule has 1 aromatic heterocycles. The molecule has 0 aliphatic carbocycles. The summed E-state index contributed by atoms with van der Waals surface area (Å²) in [4.78, 5) is 3.30. The molecule has 0 radical (unpaired) electrons. The predicted molar refractivity (Wildman–Crippen MR) is 54.6 cm³/mol. The van der Waals surface area contributed by atoms with Crippen molar-refractivity contribution < 1.29 is 13.2 Å². The Kier molecular flexibility index (Phi) is 3.56. The third-order valence-electron chi connectivity index (χ3n) is 1.37. The van der Waals surface area contributed by atoms with Crippen LogP contribution >= 0.6 is 38.5 Å². The summed E-state index contributed by atoms with van der Waals surface area (Å²) in [6.07, 6.45) is -3.14. The second-order valence-electron chi connectivity index (χ2n) is 2.29. The molecule has 0 aliphatic rings. The lowest BCUT2D eigenvalue weighted by Gasteiger charge is -2.07. The second kappa shape index (κ2) is 4.12. The molecule has 13 heavy (non-hydrogen) atoms. The van der Waals surface area contributed by atoms with Gasteiger partial charge in [0.15, 0.2) is 0 Å². The Morgan fingerprint density at radius 3 is 2.54 bits per heavy atom. The van der Waals surface area contributed by atoms with Crippen molar-refractivity contribution >= 4 is 38.5 Å². The van der Waals surface area contributed by atoms with Gasteiger partial charge in [-0.3, -0.25) is 4.98 Å². The smallest absolute Gasteiger partial charge is 0.251 e. The van der Waals surface area contributed by atoms with E-state index in [1.807, 2.05) is 22.6 Å². The van der Waals surface area contributed by atoms with E-state index in [4.69, 9.17) is 0 Å². The predicted octanol–water partition coefficient (Wildman–Crippen LogP) is 3.60. The number of halogens is 5. The van der Waals surface area contributed by atoms with Crippen molar-refractivity contribution in [2.45, 2.75) is 11.5 Å². The molecule has 0 bridgehead atoms. The van der Waals surface area contributed by atoms with E-state index in [0.29, 0.717) is 10.9 Å². The summed E-state index contributed by atoms with van der Waals surface area (Å²) in [5.74, 6) is 0. The summed E-state index contributed by atoms with van der Waals surface area (Å²) in [7, 11) is 0. The first-order chi connectivity index (χ1) is 5.95. The number of nitrogens with zero attached hydrogens (tertiary/aromatic N) is 1. The van der Waals surface area contributed by atoms with E-state index >= 15 is 0 Å². The molecule has 1 rings (SSSR count). The van der Waals surface area contributed by atoms with Crippen molar-refractivity contribution in [2.75, 3.05) is 0 Å². The number of alkyl halides is 4. The zero-order valence-electron chi connectivity index (χ0n) is 6.20. The Balaban J connectivity index is 3.14. The number of hydrogen-bond acceptors (Lipinski definition) is 1. The van der Waals surface area contributed by atoms with Crippen molar-refractivity contribution in [2.24, 2.45) is 0 Å². The van der Waals surface area contributed by atoms with Crippen LogP contribution in [0.5, 0.6) is 0 Å². The fraction of sp³-hybridized carbons (Fsp3) is 0.286. The van der Waals surface area contributed by atoms with Crippen LogP contribution in [0.4, 0.5) is 13.2 Å². The van der Waals surface area contributed by atoms with E-state index in [1.54, 1.807) is 0 Å². The summed E-state index contributed by atoms with van der Waals surface area (Å²) in [5.41, 5.74) is -0.245. The summed E-state index contributed by atoms with van der Waals surface area (Å²) in [6.45, 7) is 0. The van der Waals surface area contributed by atoms with Crippen molar-refractivity contribution in [3.8, 4) is 0 Å². The molecular formula is C7H4BrF3IN. The van der Waals surface area contributed by atoms with E-state index in [-0.39, 0.29) is 0 Å². The molecule has 0 spiro atoms. The fourth-order valence-corrected chi connectivity index (χ4v) is 2.21. The molecule has 72 valence electrons. The summed E-state index contributed by atoms with van der Waals surface area (Å²) >= 11 is 5.05. The number of pyridine rings is 1. The molecule has 0 amide bonds. The van der Waals surface area contributed by atoms with Gasteiger partial charge in [-0.15, -0.1) is 0 Å². The number of hydrogen-bond donors (Lipinski definition) is 0. The minimum absolute atomic E-state index is 0.400. The topological polar surface area (TPSA) is 12.9 Å². The third-order valence-corrected chi connectivity index (χ3v) is 2.94. The van der Waals surface area contributed by atoms with Gasteiger partial charge in [0.25, 0.3) is 0 Å². The highest BCUT2D eigenvalue weighted by molar-refractivity contribution is 14.1. The van der Waals surface area contributed by atoms with Gasteiger partial charge in [0.05, 0.1) is 0 Å². The van der Waals surface area contributed by atoms with Crippen molar-refractivity contribution in [1.29, 1.82) is 0 Å². The van der Waals surface area contributed by atoms with Crippen LogP contribution in [0.3, 0.4) is 0 Å². The van der Waals surface area contributed by atoms with Gasteiger partial charge in [0.1, 0.15) is 5.69 Å². The largest absolute Gasteiger partial charge is 0.433 e. The van der Waals surface area contributed by atoms with Crippen LogP contribution in [0.15, 0.2) is 12.3 Å². The Hall–Kier alpha value is 0.150. The average molecular weight is 366 g/mol. The zero-order valence-corrected chi connectivity index (χ0v) is 9.94. The maximum absolute atomic E-state index is 12.2. The van der Waals surface area contributed by atoms with Crippen LogP contribution in [0, 0.1) is 3.57 Å². The molecule has 1 aromatic rings. The third kappa shape index (κ3) is 2.80. The van der Waals surface area contributed by atoms with E-state index in [1.165, 1.54) is 6.20 Å². The molecule has 0 saturated carbocycles. The Morgan fingerprint density at radius 2 is 2.08 bits per heavy atom. The van der Waals surface area contributed by atoms with Crippen LogP contribution in [0.2, 0.25) is 0 Å². The Bertz CT molecular complexity index is 313. The van der Waals surface area contributed by atoms with Gasteiger partial charge in [-0.2, -0.15) is 13.2 Å². The standard InChI is InChI=1S/C7H4BrF3IN/c8-2-4-1-6(7(9,10)11)13-3-5(4)12/h1,3H,2H2. The molecule has 0 atom stereocenters. The van der Waals surface area contributed by atoms with E-state index < -0.39 is 11.9 Å². The highest BCUT2D eigenvalue weighted by Crippen LogP contribution is 2.29. The van der Waals surface area contributed by atoms with E-state index in [2.05, 4.69) is 20.9 Å². The SMILES string of the molecule is FC(F)(F)c1cc(CBr)c(I)cn1. The van der Waals surface area contributed by atoms with Gasteiger partial charge in [-0.05, 0) is 34.2 Å². The average Bonchev–Trinajstić information content (AvgIpc) is 2.03. The summed E-state index contributed by atoms with van der Waals surface area (Å²) in [6, 6.07) is 1.05. The lowest BCUT2D eigenvalue weighted by Crippen LogP contribution is -2.08. The summed E-state index contributed by atoms with van der Waals surface area (Å²) < 4.78 is 37.2. The maximum atomic E-state index is 12.2. The molecule has 1 nitrogen and oxygen atoms in total. The van der Waals surface area contributed by atoms with Gasteiger partial charge < -0.3 is 0 Å². The molecule has 0 aliphatic heterocycles. The van der Waals surface area contributed by atoms with Gasteiger partial charge >= 0.3 is 6.18 Å². The Morgan fingerprint density at radius 1 is 1.46 bits per heavy atom.